The third kappa shape index (κ3) is 5.69. The molecule has 2 aromatic carbocycles. The molecular formula is C17H16ClF2NO2S. The summed E-state index contributed by atoms with van der Waals surface area (Å²) in [4.78, 5) is 12.0. The molecule has 1 N–H and O–H groups in total. The van der Waals surface area contributed by atoms with Crippen LogP contribution in [0, 0.1) is 11.6 Å². The van der Waals surface area contributed by atoms with Crippen LogP contribution in [0.5, 0.6) is 5.75 Å². The van der Waals surface area contributed by atoms with Crippen molar-refractivity contribution in [1.29, 1.82) is 0 Å². The van der Waals surface area contributed by atoms with Gasteiger partial charge in [-0.2, -0.15) is 0 Å². The lowest BCUT2D eigenvalue weighted by Crippen LogP contribution is -2.23. The van der Waals surface area contributed by atoms with Gasteiger partial charge >= 0.3 is 0 Å². The quantitative estimate of drug-likeness (QED) is 0.713. The maximum atomic E-state index is 13.1. The highest BCUT2D eigenvalue weighted by molar-refractivity contribution is 8.00. The molecule has 0 saturated heterocycles. The molecule has 0 aliphatic carbocycles. The summed E-state index contributed by atoms with van der Waals surface area (Å²) in [5, 5.41) is 2.84. The summed E-state index contributed by atoms with van der Waals surface area (Å²) >= 11 is 7.19. The number of amides is 1. The van der Waals surface area contributed by atoms with E-state index >= 15 is 0 Å². The van der Waals surface area contributed by atoms with Gasteiger partial charge in [0.05, 0.1) is 11.9 Å². The van der Waals surface area contributed by atoms with Gasteiger partial charge in [0.2, 0.25) is 5.91 Å². The van der Waals surface area contributed by atoms with E-state index in [2.05, 4.69) is 5.32 Å². The topological polar surface area (TPSA) is 38.3 Å². The van der Waals surface area contributed by atoms with E-state index in [1.54, 1.807) is 31.2 Å². The number of nitrogens with one attached hydrogen (secondary N) is 1. The number of ether oxygens (including phenoxy) is 1. The van der Waals surface area contributed by atoms with Crippen molar-refractivity contribution in [2.24, 2.45) is 0 Å². The first-order chi connectivity index (χ1) is 11.5. The van der Waals surface area contributed by atoms with Crippen LogP contribution in [-0.4, -0.2) is 23.5 Å². The molecular weight excluding hydrogens is 356 g/mol. The molecule has 0 radical (unpaired) electrons. The average molecular weight is 372 g/mol. The largest absolute Gasteiger partial charge is 0.493 e. The Hall–Kier alpha value is -1.79. The van der Waals surface area contributed by atoms with Crippen LogP contribution in [0.4, 0.5) is 14.5 Å². The van der Waals surface area contributed by atoms with Crippen LogP contribution in [0.25, 0.3) is 0 Å². The molecule has 0 heterocycles. The molecule has 2 aromatic rings. The van der Waals surface area contributed by atoms with Gasteiger partial charge in [0.25, 0.3) is 0 Å². The molecule has 0 aliphatic rings. The SMILES string of the molecule is C[C@@H](SCCOc1ccc(Cl)cc1)C(=O)Nc1ccc(F)c(F)c1. The van der Waals surface area contributed by atoms with Crippen molar-refractivity contribution in [3.05, 3.63) is 59.1 Å². The Morgan fingerprint density at radius 3 is 2.58 bits per heavy atom. The highest BCUT2D eigenvalue weighted by Gasteiger charge is 2.14. The zero-order chi connectivity index (χ0) is 17.5. The zero-order valence-electron chi connectivity index (χ0n) is 12.9. The van der Waals surface area contributed by atoms with Crippen molar-refractivity contribution in [3.8, 4) is 5.75 Å². The fourth-order valence-corrected chi connectivity index (χ4v) is 2.68. The first kappa shape index (κ1) is 18.5. The van der Waals surface area contributed by atoms with Crippen LogP contribution in [0.15, 0.2) is 42.5 Å². The molecule has 0 aromatic heterocycles. The standard InChI is InChI=1S/C17H16ClF2NO2S/c1-11(17(22)21-13-4-7-15(19)16(20)10-13)24-9-8-23-14-5-2-12(18)3-6-14/h2-7,10-11H,8-9H2,1H3,(H,21,22)/t11-/m1/s1. The molecule has 0 bridgehead atoms. The van der Waals surface area contributed by atoms with Crippen LogP contribution >= 0.6 is 23.4 Å². The van der Waals surface area contributed by atoms with Crippen molar-refractivity contribution in [2.45, 2.75) is 12.2 Å². The number of hydrogen-bond acceptors (Lipinski definition) is 3. The Bertz CT molecular complexity index is 697. The average Bonchev–Trinajstić information content (AvgIpc) is 2.56. The van der Waals surface area contributed by atoms with Gasteiger partial charge in [-0.3, -0.25) is 4.79 Å². The number of benzene rings is 2. The Balaban J connectivity index is 1.73. The summed E-state index contributed by atoms with van der Waals surface area (Å²) in [6, 6.07) is 10.3. The molecule has 24 heavy (non-hydrogen) atoms. The predicted molar refractivity (Wildman–Crippen MR) is 93.9 cm³/mol. The number of hydrogen-bond donors (Lipinski definition) is 1. The number of carbonyl (C=O) groups is 1. The van der Waals surface area contributed by atoms with E-state index in [0.717, 1.165) is 12.1 Å². The highest BCUT2D eigenvalue weighted by atomic mass is 35.5. The summed E-state index contributed by atoms with van der Waals surface area (Å²) in [5.74, 6) is -0.912. The van der Waals surface area contributed by atoms with Gasteiger partial charge < -0.3 is 10.1 Å². The monoisotopic (exact) mass is 371 g/mol. The molecule has 0 spiro atoms. The fraction of sp³-hybridized carbons (Fsp3) is 0.235. The molecule has 1 atom stereocenters. The molecule has 2 rings (SSSR count). The Morgan fingerprint density at radius 2 is 1.92 bits per heavy atom. The summed E-state index contributed by atoms with van der Waals surface area (Å²) in [6.45, 7) is 2.18. The van der Waals surface area contributed by atoms with Crippen LogP contribution in [-0.2, 0) is 4.79 Å². The zero-order valence-corrected chi connectivity index (χ0v) is 14.5. The van der Waals surface area contributed by atoms with Gasteiger partial charge in [-0.05, 0) is 43.3 Å². The van der Waals surface area contributed by atoms with Gasteiger partial charge in [0.1, 0.15) is 5.75 Å². The summed E-state index contributed by atoms with van der Waals surface area (Å²) in [6.07, 6.45) is 0. The third-order valence-corrected chi connectivity index (χ3v) is 4.46. The molecule has 0 unspecified atom stereocenters. The van der Waals surface area contributed by atoms with Gasteiger partial charge in [-0.15, -0.1) is 11.8 Å². The van der Waals surface area contributed by atoms with E-state index in [-0.39, 0.29) is 16.8 Å². The lowest BCUT2D eigenvalue weighted by Gasteiger charge is -2.12. The van der Waals surface area contributed by atoms with E-state index in [1.165, 1.54) is 17.8 Å². The molecule has 128 valence electrons. The molecule has 0 fully saturated rings. The molecule has 0 aliphatic heterocycles. The molecule has 7 heteroatoms. The van der Waals surface area contributed by atoms with Crippen LogP contribution in [0.1, 0.15) is 6.92 Å². The van der Waals surface area contributed by atoms with E-state index in [4.69, 9.17) is 16.3 Å². The van der Waals surface area contributed by atoms with Gasteiger partial charge in [-0.25, -0.2) is 8.78 Å². The molecule has 1 amide bonds. The van der Waals surface area contributed by atoms with Crippen LogP contribution < -0.4 is 10.1 Å². The maximum absolute atomic E-state index is 13.1. The van der Waals surface area contributed by atoms with Crippen molar-refractivity contribution in [1.82, 2.24) is 0 Å². The molecule has 3 nitrogen and oxygen atoms in total. The van der Waals surface area contributed by atoms with Crippen LogP contribution in [0.2, 0.25) is 5.02 Å². The predicted octanol–water partition coefficient (Wildman–Crippen LogP) is 4.76. The van der Waals surface area contributed by atoms with Crippen LogP contribution in [0.3, 0.4) is 0 Å². The lowest BCUT2D eigenvalue weighted by atomic mass is 10.3. The van der Waals surface area contributed by atoms with Gasteiger partial charge in [-0.1, -0.05) is 11.6 Å². The number of carbonyl (C=O) groups excluding carboxylic acids is 1. The normalized spacial score (nSPS) is 11.8. The Labute approximate surface area is 148 Å². The van der Waals surface area contributed by atoms with Crippen molar-refractivity contribution >= 4 is 35.0 Å². The van der Waals surface area contributed by atoms with Crippen molar-refractivity contribution in [3.63, 3.8) is 0 Å². The highest BCUT2D eigenvalue weighted by Crippen LogP contribution is 2.18. The second-order valence-corrected chi connectivity index (χ2v) is 6.82. The number of halogens is 3. The third-order valence-electron chi connectivity index (χ3n) is 3.09. The minimum absolute atomic E-state index is 0.226. The smallest absolute Gasteiger partial charge is 0.237 e. The minimum Gasteiger partial charge on any atom is -0.493 e. The minimum atomic E-state index is -0.996. The first-order valence-corrected chi connectivity index (χ1v) is 8.64. The number of rotatable bonds is 7. The Kier molecular flexibility index (Phi) is 6.87. The van der Waals surface area contributed by atoms with Gasteiger partial charge in [0.15, 0.2) is 11.6 Å². The van der Waals surface area contributed by atoms with Crippen molar-refractivity contribution < 1.29 is 18.3 Å². The number of anilines is 1. The Morgan fingerprint density at radius 1 is 1.21 bits per heavy atom. The van der Waals surface area contributed by atoms with E-state index < -0.39 is 11.6 Å². The lowest BCUT2D eigenvalue weighted by molar-refractivity contribution is -0.115. The summed E-state index contributed by atoms with van der Waals surface area (Å²) < 4.78 is 31.5. The van der Waals surface area contributed by atoms with Crippen molar-refractivity contribution in [2.75, 3.05) is 17.7 Å². The van der Waals surface area contributed by atoms with Gasteiger partial charge in [0, 0.05) is 22.5 Å². The second-order valence-electron chi connectivity index (χ2n) is 4.93. The number of thioether (sulfide) groups is 1. The first-order valence-electron chi connectivity index (χ1n) is 7.21. The molecule has 0 saturated carbocycles. The van der Waals surface area contributed by atoms with E-state index in [1.807, 2.05) is 0 Å². The summed E-state index contributed by atoms with van der Waals surface area (Å²) in [5.41, 5.74) is 0.226. The maximum Gasteiger partial charge on any atom is 0.237 e. The summed E-state index contributed by atoms with van der Waals surface area (Å²) in [7, 11) is 0. The van der Waals surface area contributed by atoms with E-state index in [9.17, 15) is 13.6 Å². The second kappa shape index (κ2) is 8.89. The fourth-order valence-electron chi connectivity index (χ4n) is 1.81. The van der Waals surface area contributed by atoms with E-state index in [0.29, 0.717) is 23.1 Å².